The first kappa shape index (κ1) is 95.0. The Labute approximate surface area is 576 Å². The van der Waals surface area contributed by atoms with Crippen molar-refractivity contribution in [3.63, 3.8) is 0 Å². The summed E-state index contributed by atoms with van der Waals surface area (Å²) < 4.78 is 56.9. The fourth-order valence-corrected chi connectivity index (χ4v) is 12.4. The molecule has 4 aliphatic carbocycles. The van der Waals surface area contributed by atoms with Crippen molar-refractivity contribution in [1.82, 2.24) is 0 Å². The molecule has 4 rings (SSSR count). The molecular weight excluding hydrogens is 1190 g/mol. The van der Waals surface area contributed by atoms with Gasteiger partial charge in [0.15, 0.2) is 0 Å². The van der Waals surface area contributed by atoms with Gasteiger partial charge in [-0.1, -0.05) is 81.1 Å². The number of hydrogen-bond acceptors (Lipinski definition) is 18. The third-order valence-corrected chi connectivity index (χ3v) is 16.9. The molecular formula is C70H136ClNaO18. The summed E-state index contributed by atoms with van der Waals surface area (Å²) >= 11 is 4.72. The van der Waals surface area contributed by atoms with Gasteiger partial charge in [-0.3, -0.25) is 0 Å². The van der Waals surface area contributed by atoms with E-state index in [1.54, 1.807) is 13.8 Å². The summed E-state index contributed by atoms with van der Waals surface area (Å²) in [5, 5.41) is 26.7. The van der Waals surface area contributed by atoms with Crippen LogP contribution in [0.15, 0.2) is 0 Å². The van der Waals surface area contributed by atoms with Crippen molar-refractivity contribution < 1.29 is 116 Å². The van der Waals surface area contributed by atoms with Crippen molar-refractivity contribution in [3.05, 3.63) is 0 Å². The average Bonchev–Trinajstić information content (AvgIpc) is 1.43. The summed E-state index contributed by atoms with van der Waals surface area (Å²) in [5.74, 6) is 1.77. The number of halogens is 1. The molecule has 0 saturated heterocycles. The first-order valence-electron chi connectivity index (χ1n) is 33.1. The molecule has 4 fully saturated rings. The fraction of sp³-hybridized carbons (Fsp3) is 0.943. The molecule has 0 aliphatic heterocycles. The average molecular weight is 1320 g/mol. The van der Waals surface area contributed by atoms with Gasteiger partial charge in [-0.05, 0) is 219 Å². The number of carbonyl (C=O) groups excluding carboxylic acids is 4. The Balaban J connectivity index is -0.000000509. The minimum Gasteiger partial charge on any atom is -0.857 e. The van der Waals surface area contributed by atoms with Crippen molar-refractivity contribution in [1.29, 1.82) is 0 Å². The number of carbonyl (C=O) groups is 4. The van der Waals surface area contributed by atoms with E-state index in [1.807, 2.05) is 55.4 Å². The molecule has 0 bridgehead atoms. The zero-order chi connectivity index (χ0) is 69.7. The van der Waals surface area contributed by atoms with Gasteiger partial charge in [-0.25, -0.2) is 19.2 Å². The first-order chi connectivity index (χ1) is 40.9. The number of esters is 2. The van der Waals surface area contributed by atoms with Crippen LogP contribution in [0.4, 0.5) is 9.59 Å². The Morgan fingerprint density at radius 2 is 0.733 bits per heavy atom. The van der Waals surface area contributed by atoms with E-state index in [4.69, 9.17) is 54.6 Å². The minimum atomic E-state index is -0.738. The van der Waals surface area contributed by atoms with Gasteiger partial charge in [0.25, 0.3) is 0 Å². The zero-order valence-electron chi connectivity index (χ0n) is 62.4. The molecule has 2 N–H and O–H groups in total. The van der Waals surface area contributed by atoms with Crippen molar-refractivity contribution in [2.24, 2.45) is 45.3 Å². The molecule has 8 unspecified atom stereocenters. The first-order valence-corrected chi connectivity index (χ1v) is 33.4. The molecule has 0 aromatic rings. The largest absolute Gasteiger partial charge is 1.00 e. The quantitative estimate of drug-likeness (QED) is 0.0396. The van der Waals surface area contributed by atoms with Crippen LogP contribution in [0.5, 0.6) is 0 Å². The van der Waals surface area contributed by atoms with Gasteiger partial charge in [0, 0.05) is 25.8 Å². The number of ether oxygens (including phenoxy) is 11. The smallest absolute Gasteiger partial charge is 0.857 e. The molecule has 0 spiro atoms. The molecule has 4 aliphatic rings. The summed E-state index contributed by atoms with van der Waals surface area (Å²) in [5.41, 5.74) is -0.757. The molecule has 4 saturated carbocycles. The van der Waals surface area contributed by atoms with Crippen molar-refractivity contribution in [2.45, 2.75) is 302 Å². The number of aliphatic hydroxyl groups excluding tert-OH is 2. The van der Waals surface area contributed by atoms with Crippen LogP contribution in [-0.2, 0) is 61.7 Å². The topological polar surface area (TPSA) is 233 Å². The van der Waals surface area contributed by atoms with E-state index in [0.717, 1.165) is 7.11 Å². The second kappa shape index (κ2) is 47.5. The van der Waals surface area contributed by atoms with Gasteiger partial charge in [-0.2, -0.15) is 7.11 Å². The predicted molar refractivity (Wildman–Crippen MR) is 354 cm³/mol. The summed E-state index contributed by atoms with van der Waals surface area (Å²) in [7, 11) is 4.99. The molecule has 0 amide bonds. The van der Waals surface area contributed by atoms with Crippen LogP contribution in [0.3, 0.4) is 0 Å². The summed E-state index contributed by atoms with van der Waals surface area (Å²) in [4.78, 5) is 42.3. The van der Waals surface area contributed by atoms with E-state index in [0.29, 0.717) is 58.5 Å². The van der Waals surface area contributed by atoms with E-state index in [9.17, 15) is 29.4 Å². The van der Waals surface area contributed by atoms with Crippen molar-refractivity contribution in [2.75, 3.05) is 81.3 Å². The summed E-state index contributed by atoms with van der Waals surface area (Å²) in [6, 6.07) is 0. The Kier molecular flexibility index (Phi) is 50.2. The summed E-state index contributed by atoms with van der Waals surface area (Å²) in [6.45, 7) is 47.8. The number of rotatable bonds is 24. The van der Waals surface area contributed by atoms with E-state index in [-0.39, 0.29) is 106 Å². The standard InChI is InChI=1S/2C17H32O4.2C14H28O2.C4H8O3.C3H5ClO2.CH3O.Na/c1-13(14-8-7-9-16(2,3)10-14)21-17(4,5)12-20-15(18)11-19-6;1-7-19-15(18)20-12-17(5,6)21-13(2)14-9-8-10-16(3,4)11-14;2*1-11(16-14(4,5)10-15)12-7-6-8-13(2,3)9-12;1-6-3-4(5)7-2;1-2-6-3(4)5;1-2;/h2*13-14H,7-12H2,1-6H3;2*11-12,15H,6-10H2,1-5H3;3H2,1-2H3;2H2,1H3;1H3;/q;;;;;;-1;+1. The van der Waals surface area contributed by atoms with Gasteiger partial charge in [0.05, 0.1) is 80.4 Å². The summed E-state index contributed by atoms with van der Waals surface area (Å²) in [6.07, 6.45) is 20.5. The van der Waals surface area contributed by atoms with Gasteiger partial charge in [0.2, 0.25) is 0 Å². The van der Waals surface area contributed by atoms with Crippen LogP contribution in [0.2, 0.25) is 0 Å². The van der Waals surface area contributed by atoms with Crippen molar-refractivity contribution >= 4 is 35.1 Å². The number of hydrogen-bond donors (Lipinski definition) is 2. The van der Waals surface area contributed by atoms with Crippen LogP contribution >= 0.6 is 11.6 Å². The van der Waals surface area contributed by atoms with Gasteiger partial charge in [-0.15, -0.1) is 0 Å². The number of methoxy groups -OCH3 is 3. The second-order valence-corrected chi connectivity index (χ2v) is 30.8. The molecule has 8 atom stereocenters. The fourth-order valence-electron chi connectivity index (χ4n) is 12.3. The molecule has 0 heterocycles. The Bertz CT molecular complexity index is 1760. The molecule has 0 aromatic carbocycles. The maximum Gasteiger partial charge on any atom is 1.00 e. The Morgan fingerprint density at radius 3 is 0.944 bits per heavy atom. The van der Waals surface area contributed by atoms with Crippen LogP contribution < -0.4 is 34.7 Å². The molecule has 532 valence electrons. The van der Waals surface area contributed by atoms with Crippen LogP contribution in [0.25, 0.3) is 0 Å². The Morgan fingerprint density at radius 1 is 0.467 bits per heavy atom. The molecule has 20 heteroatoms. The third kappa shape index (κ3) is 48.3. The minimum absolute atomic E-state index is 0. The van der Waals surface area contributed by atoms with Gasteiger partial charge in [0.1, 0.15) is 26.4 Å². The SMILES string of the molecule is CC(OC(C)(C)CO)C1CCCC(C)(C)C1.CC(OC(C)(C)CO)C1CCCC(C)(C)C1.CCOC(=O)Cl.CCOC(=O)OCC(C)(C)OC(C)C1CCCC(C)(C)C1.COCC(=O)OC.COCC(=O)OCC(C)(C)OC(C)C1CCCC(C)(C)C1.C[O-].[Na+]. The van der Waals surface area contributed by atoms with Crippen molar-refractivity contribution in [3.8, 4) is 0 Å². The van der Waals surface area contributed by atoms with E-state index < -0.39 is 34.0 Å². The van der Waals surface area contributed by atoms with Gasteiger partial charge < -0.3 is 67.4 Å². The van der Waals surface area contributed by atoms with E-state index >= 15 is 0 Å². The maximum atomic E-state index is 11.4. The van der Waals surface area contributed by atoms with E-state index in [2.05, 4.69) is 97.3 Å². The third-order valence-electron chi connectivity index (χ3n) is 16.8. The molecule has 18 nitrogen and oxygen atoms in total. The Hall–Kier alpha value is -1.39. The maximum absolute atomic E-state index is 11.4. The molecule has 0 radical (unpaired) electrons. The molecule has 90 heavy (non-hydrogen) atoms. The second-order valence-electron chi connectivity index (χ2n) is 30.5. The predicted octanol–water partition coefficient (Wildman–Crippen LogP) is 12.1. The number of aliphatic hydroxyl groups is 2. The van der Waals surface area contributed by atoms with Crippen LogP contribution in [-0.4, -0.2) is 162 Å². The normalized spacial score (nSPS) is 22.1. The van der Waals surface area contributed by atoms with Crippen LogP contribution in [0.1, 0.15) is 255 Å². The monoisotopic (exact) mass is 1320 g/mol. The zero-order valence-corrected chi connectivity index (χ0v) is 65.1. The van der Waals surface area contributed by atoms with Crippen LogP contribution in [0, 0.1) is 45.3 Å². The van der Waals surface area contributed by atoms with Gasteiger partial charge >= 0.3 is 53.1 Å². The van der Waals surface area contributed by atoms with E-state index in [1.165, 1.54) is 124 Å². The molecule has 0 aromatic heterocycles.